The van der Waals surface area contributed by atoms with Gasteiger partial charge in [-0.15, -0.1) is 0 Å². The summed E-state index contributed by atoms with van der Waals surface area (Å²) in [6.07, 6.45) is 0. The Kier molecular flexibility index (Phi) is 4.96. The quantitative estimate of drug-likeness (QED) is 0.575. The maximum atomic E-state index is 11.2. The number of ether oxygens (including phenoxy) is 1. The first-order valence-electron chi connectivity index (χ1n) is 5.11. The second-order valence-electron chi connectivity index (χ2n) is 3.10. The van der Waals surface area contributed by atoms with E-state index in [1.165, 1.54) is 0 Å². The highest BCUT2D eigenvalue weighted by Gasteiger charge is 2.10. The van der Waals surface area contributed by atoms with Gasteiger partial charge in [-0.1, -0.05) is 18.2 Å². The second-order valence-corrected chi connectivity index (χ2v) is 3.10. The molecule has 0 aliphatic heterocycles. The van der Waals surface area contributed by atoms with E-state index in [1.807, 2.05) is 30.3 Å². The lowest BCUT2D eigenvalue weighted by Gasteiger charge is -2.02. The van der Waals surface area contributed by atoms with Gasteiger partial charge in [0.1, 0.15) is 0 Å². The Morgan fingerprint density at radius 2 is 2.12 bits per heavy atom. The van der Waals surface area contributed by atoms with Gasteiger partial charge in [0.25, 0.3) is 0 Å². The van der Waals surface area contributed by atoms with Crippen molar-refractivity contribution in [3.8, 4) is 0 Å². The van der Waals surface area contributed by atoms with Crippen LogP contribution in [0.15, 0.2) is 40.3 Å². The predicted octanol–water partition coefficient (Wildman–Crippen LogP) is 2.44. The number of esters is 1. The minimum absolute atomic E-state index is 0.356. The van der Waals surface area contributed by atoms with Crippen molar-refractivity contribution >= 4 is 17.7 Å². The van der Waals surface area contributed by atoms with Crippen molar-refractivity contribution in [3.63, 3.8) is 0 Å². The standard InChI is InChI=1S/C12H14N2O2/c1-3-16-12(15)10(2)13-9-14-11-7-5-4-6-8-11/h4-8,10H,3H2,1-2H3. The van der Waals surface area contributed by atoms with Crippen LogP contribution in [0.5, 0.6) is 0 Å². The maximum Gasteiger partial charge on any atom is 0.331 e. The molecule has 0 bridgehead atoms. The average Bonchev–Trinajstić information content (AvgIpc) is 2.30. The summed E-state index contributed by atoms with van der Waals surface area (Å²) in [4.78, 5) is 19.0. The molecule has 4 heteroatoms. The minimum atomic E-state index is -0.563. The van der Waals surface area contributed by atoms with Crippen molar-refractivity contribution in [1.29, 1.82) is 0 Å². The van der Waals surface area contributed by atoms with Gasteiger partial charge >= 0.3 is 5.97 Å². The monoisotopic (exact) mass is 218 g/mol. The lowest BCUT2D eigenvalue weighted by atomic mass is 10.3. The van der Waals surface area contributed by atoms with Gasteiger partial charge in [-0.25, -0.2) is 9.79 Å². The van der Waals surface area contributed by atoms with Gasteiger partial charge in [0.15, 0.2) is 6.04 Å². The maximum absolute atomic E-state index is 11.2. The summed E-state index contributed by atoms with van der Waals surface area (Å²) in [7, 11) is 0. The molecule has 1 rings (SSSR count). The highest BCUT2D eigenvalue weighted by molar-refractivity contribution is 5.76. The summed E-state index contributed by atoms with van der Waals surface area (Å²) in [5.41, 5.74) is 0.752. The van der Waals surface area contributed by atoms with E-state index in [-0.39, 0.29) is 5.97 Å². The molecule has 1 unspecified atom stereocenters. The van der Waals surface area contributed by atoms with Gasteiger partial charge in [0.2, 0.25) is 0 Å². The third-order valence-electron chi connectivity index (χ3n) is 1.81. The van der Waals surface area contributed by atoms with E-state index in [0.717, 1.165) is 5.69 Å². The molecule has 0 aliphatic rings. The number of para-hydroxylation sites is 1. The van der Waals surface area contributed by atoms with Gasteiger partial charge in [0.05, 0.1) is 18.3 Å². The van der Waals surface area contributed by atoms with Gasteiger partial charge in [-0.3, -0.25) is 0 Å². The van der Waals surface area contributed by atoms with Crippen LogP contribution in [-0.4, -0.2) is 24.6 Å². The van der Waals surface area contributed by atoms with E-state index < -0.39 is 6.04 Å². The zero-order chi connectivity index (χ0) is 11.8. The highest BCUT2D eigenvalue weighted by Crippen LogP contribution is 2.07. The number of carbonyl (C=O) groups is 1. The Balaban J connectivity index is 2.60. The lowest BCUT2D eigenvalue weighted by molar-refractivity contribution is -0.144. The molecule has 0 aromatic heterocycles. The minimum Gasteiger partial charge on any atom is -0.464 e. The van der Waals surface area contributed by atoms with Crippen molar-refractivity contribution in [3.05, 3.63) is 30.3 Å². The summed E-state index contributed by atoms with van der Waals surface area (Å²) >= 11 is 0. The summed E-state index contributed by atoms with van der Waals surface area (Å²) in [5, 5.41) is 0. The average molecular weight is 218 g/mol. The van der Waals surface area contributed by atoms with Gasteiger partial charge in [0, 0.05) is 0 Å². The van der Waals surface area contributed by atoms with Gasteiger partial charge in [-0.05, 0) is 26.0 Å². The molecule has 1 aromatic carbocycles. The highest BCUT2D eigenvalue weighted by atomic mass is 16.5. The third-order valence-corrected chi connectivity index (χ3v) is 1.81. The van der Waals surface area contributed by atoms with Crippen molar-refractivity contribution in [2.45, 2.75) is 19.9 Å². The Morgan fingerprint density at radius 3 is 2.75 bits per heavy atom. The molecule has 0 aliphatic carbocycles. The van der Waals surface area contributed by atoms with Gasteiger partial charge < -0.3 is 4.74 Å². The Hall–Kier alpha value is -1.93. The molecule has 1 atom stereocenters. The number of nitrogens with zero attached hydrogens (tertiary/aromatic N) is 2. The molecule has 0 amide bonds. The molecule has 84 valence electrons. The van der Waals surface area contributed by atoms with Crippen LogP contribution in [-0.2, 0) is 9.53 Å². The molecule has 0 fully saturated rings. The van der Waals surface area contributed by atoms with Crippen LogP contribution in [0.25, 0.3) is 0 Å². The van der Waals surface area contributed by atoms with Gasteiger partial charge in [-0.2, -0.15) is 4.99 Å². The number of hydrogen-bond donors (Lipinski definition) is 0. The first-order valence-corrected chi connectivity index (χ1v) is 5.11. The summed E-state index contributed by atoms with van der Waals surface area (Å²) in [5.74, 6) is -0.363. The Bertz CT molecular complexity index is 395. The molecular formula is C12H14N2O2. The molecule has 0 radical (unpaired) electrons. The fourth-order valence-corrected chi connectivity index (χ4v) is 0.991. The molecule has 0 N–H and O–H groups in total. The first kappa shape index (κ1) is 12.1. The molecule has 4 nitrogen and oxygen atoms in total. The molecule has 0 saturated carbocycles. The van der Waals surface area contributed by atoms with Crippen LogP contribution in [0.4, 0.5) is 5.69 Å². The summed E-state index contributed by atoms with van der Waals surface area (Å²) < 4.78 is 4.79. The zero-order valence-corrected chi connectivity index (χ0v) is 9.38. The summed E-state index contributed by atoms with van der Waals surface area (Å²) in [6, 6.07) is 11.2. The lowest BCUT2D eigenvalue weighted by Crippen LogP contribution is -2.17. The molecule has 0 heterocycles. The number of rotatable bonds is 4. The van der Waals surface area contributed by atoms with Crippen LogP contribution in [0.2, 0.25) is 0 Å². The first-order chi connectivity index (χ1) is 7.74. The topological polar surface area (TPSA) is 51.0 Å². The van der Waals surface area contributed by atoms with Crippen LogP contribution in [0, 0.1) is 0 Å². The Labute approximate surface area is 94.7 Å². The molecule has 0 saturated heterocycles. The number of aliphatic imine (C=N–C) groups is 2. The van der Waals surface area contributed by atoms with E-state index in [0.29, 0.717) is 6.61 Å². The smallest absolute Gasteiger partial charge is 0.331 e. The molecule has 16 heavy (non-hydrogen) atoms. The number of benzene rings is 1. The molecule has 0 spiro atoms. The van der Waals surface area contributed by atoms with Crippen molar-refractivity contribution in [2.24, 2.45) is 9.98 Å². The zero-order valence-electron chi connectivity index (χ0n) is 9.38. The fraction of sp³-hybridized carbons (Fsp3) is 0.333. The molecule has 1 aromatic rings. The SMILES string of the molecule is CCOC(=O)C(C)N=C=Nc1ccccc1. The van der Waals surface area contributed by atoms with E-state index in [2.05, 4.69) is 16.0 Å². The Morgan fingerprint density at radius 1 is 1.44 bits per heavy atom. The van der Waals surface area contributed by atoms with Crippen LogP contribution >= 0.6 is 0 Å². The van der Waals surface area contributed by atoms with E-state index in [9.17, 15) is 4.79 Å². The van der Waals surface area contributed by atoms with Crippen LogP contribution in [0.1, 0.15) is 13.8 Å². The summed E-state index contributed by atoms with van der Waals surface area (Å²) in [6.45, 7) is 3.76. The number of carbonyl (C=O) groups excluding carboxylic acids is 1. The number of hydrogen-bond acceptors (Lipinski definition) is 4. The predicted molar refractivity (Wildman–Crippen MR) is 62.1 cm³/mol. The fourth-order valence-electron chi connectivity index (χ4n) is 0.991. The van der Waals surface area contributed by atoms with Crippen LogP contribution < -0.4 is 0 Å². The second kappa shape index (κ2) is 6.53. The normalized spacial score (nSPS) is 11.1. The van der Waals surface area contributed by atoms with Crippen molar-refractivity contribution in [1.82, 2.24) is 0 Å². The van der Waals surface area contributed by atoms with E-state index >= 15 is 0 Å². The van der Waals surface area contributed by atoms with Crippen molar-refractivity contribution in [2.75, 3.05) is 6.61 Å². The van der Waals surface area contributed by atoms with E-state index in [4.69, 9.17) is 4.74 Å². The molecular weight excluding hydrogens is 204 g/mol. The van der Waals surface area contributed by atoms with Crippen LogP contribution in [0.3, 0.4) is 0 Å². The third kappa shape index (κ3) is 4.07. The van der Waals surface area contributed by atoms with E-state index in [1.54, 1.807) is 13.8 Å². The largest absolute Gasteiger partial charge is 0.464 e. The van der Waals surface area contributed by atoms with Crippen molar-refractivity contribution < 1.29 is 9.53 Å².